The summed E-state index contributed by atoms with van der Waals surface area (Å²) in [7, 11) is 0. The van der Waals surface area contributed by atoms with Crippen molar-refractivity contribution in [3.63, 3.8) is 0 Å². The third-order valence-corrected chi connectivity index (χ3v) is 5.11. The molecule has 110 valence electrons. The third kappa shape index (κ3) is 2.50. The molecular weight excluding hydrogens is 246 g/mol. The summed E-state index contributed by atoms with van der Waals surface area (Å²) in [5.74, 6) is 0. The van der Waals surface area contributed by atoms with E-state index in [9.17, 15) is 0 Å². The fraction of sp³-hybridized carbons (Fsp3) is 0.647. The van der Waals surface area contributed by atoms with Gasteiger partial charge in [0.05, 0.1) is 0 Å². The highest BCUT2D eigenvalue weighted by Gasteiger charge is 2.37. The molecule has 0 spiro atoms. The van der Waals surface area contributed by atoms with Gasteiger partial charge in [0.1, 0.15) is 0 Å². The maximum Gasteiger partial charge on any atom is 0.0493 e. The Kier molecular flexibility index (Phi) is 4.11. The molecule has 0 aromatic heterocycles. The summed E-state index contributed by atoms with van der Waals surface area (Å²) >= 11 is 0. The lowest BCUT2D eigenvalue weighted by Crippen LogP contribution is -2.64. The summed E-state index contributed by atoms with van der Waals surface area (Å²) in [5, 5.41) is 3.75. The maximum atomic E-state index is 3.75. The van der Waals surface area contributed by atoms with Crippen LogP contribution in [-0.4, -0.2) is 55.1 Å². The fourth-order valence-corrected chi connectivity index (χ4v) is 3.76. The molecule has 3 aliphatic heterocycles. The Morgan fingerprint density at radius 2 is 1.95 bits per heavy atom. The highest BCUT2D eigenvalue weighted by Crippen LogP contribution is 2.30. The Morgan fingerprint density at radius 1 is 1.20 bits per heavy atom. The van der Waals surface area contributed by atoms with Crippen LogP contribution in [-0.2, 0) is 0 Å². The summed E-state index contributed by atoms with van der Waals surface area (Å²) < 4.78 is 0. The molecule has 1 aromatic rings. The molecule has 3 fully saturated rings. The minimum atomic E-state index is 0.461. The lowest BCUT2D eigenvalue weighted by molar-refractivity contribution is -0.00352. The zero-order valence-corrected chi connectivity index (χ0v) is 13.0. The first-order valence-electron chi connectivity index (χ1n) is 7.96. The van der Waals surface area contributed by atoms with Crippen LogP contribution >= 0.6 is 0 Å². The van der Waals surface area contributed by atoms with Gasteiger partial charge in [0.25, 0.3) is 0 Å². The van der Waals surface area contributed by atoms with Crippen molar-refractivity contribution < 1.29 is 0 Å². The number of aryl methyl sites for hydroxylation is 1. The summed E-state index contributed by atoms with van der Waals surface area (Å²) in [6.07, 6.45) is 0. The van der Waals surface area contributed by atoms with Gasteiger partial charge < -0.3 is 5.32 Å². The second-order valence-electron chi connectivity index (χ2n) is 6.23. The second-order valence-corrected chi connectivity index (χ2v) is 6.23. The van der Waals surface area contributed by atoms with Gasteiger partial charge >= 0.3 is 0 Å². The molecule has 3 aliphatic rings. The van der Waals surface area contributed by atoms with E-state index in [0.29, 0.717) is 12.1 Å². The minimum Gasteiger partial charge on any atom is -0.309 e. The van der Waals surface area contributed by atoms with Crippen LogP contribution in [0.3, 0.4) is 0 Å². The van der Waals surface area contributed by atoms with Crippen LogP contribution in [0.15, 0.2) is 18.2 Å². The largest absolute Gasteiger partial charge is 0.309 e. The molecule has 2 bridgehead atoms. The van der Waals surface area contributed by atoms with Crippen molar-refractivity contribution in [3.05, 3.63) is 34.9 Å². The van der Waals surface area contributed by atoms with E-state index in [1.807, 2.05) is 0 Å². The number of hydrogen-bond donors (Lipinski definition) is 1. The number of likely N-dealkylation sites (N-methyl/N-ethyl adjacent to an activating group) is 1. The van der Waals surface area contributed by atoms with Gasteiger partial charge in [-0.05, 0) is 37.1 Å². The van der Waals surface area contributed by atoms with E-state index in [2.05, 4.69) is 54.1 Å². The number of rotatable bonds is 4. The van der Waals surface area contributed by atoms with Crippen LogP contribution in [0.4, 0.5) is 0 Å². The Balaban J connectivity index is 1.90. The molecule has 2 atom stereocenters. The van der Waals surface area contributed by atoms with Crippen molar-refractivity contribution in [2.24, 2.45) is 0 Å². The predicted molar refractivity (Wildman–Crippen MR) is 84.1 cm³/mol. The van der Waals surface area contributed by atoms with E-state index in [4.69, 9.17) is 0 Å². The zero-order chi connectivity index (χ0) is 14.1. The SMILES string of the molecule is CCNC(c1cccc(C)c1C)C1CN2CCN1CC2. The Morgan fingerprint density at radius 3 is 2.55 bits per heavy atom. The Bertz CT molecular complexity index is 463. The first-order valence-corrected chi connectivity index (χ1v) is 7.96. The average molecular weight is 273 g/mol. The molecule has 0 aliphatic carbocycles. The molecule has 4 rings (SSSR count). The average Bonchev–Trinajstić information content (AvgIpc) is 2.49. The summed E-state index contributed by atoms with van der Waals surface area (Å²) in [6.45, 7) is 13.9. The van der Waals surface area contributed by atoms with Crippen molar-refractivity contribution in [3.8, 4) is 0 Å². The second kappa shape index (κ2) is 5.84. The molecular formula is C17H27N3. The lowest BCUT2D eigenvalue weighted by atomic mass is 9.89. The van der Waals surface area contributed by atoms with Gasteiger partial charge in [-0.15, -0.1) is 0 Å². The first-order chi connectivity index (χ1) is 9.70. The smallest absolute Gasteiger partial charge is 0.0493 e. The zero-order valence-electron chi connectivity index (χ0n) is 13.0. The van der Waals surface area contributed by atoms with Gasteiger partial charge in [0.15, 0.2) is 0 Å². The quantitative estimate of drug-likeness (QED) is 0.904. The summed E-state index contributed by atoms with van der Waals surface area (Å²) in [6, 6.07) is 7.83. The summed E-state index contributed by atoms with van der Waals surface area (Å²) in [5.41, 5.74) is 4.35. The van der Waals surface area contributed by atoms with Crippen molar-refractivity contribution in [1.29, 1.82) is 0 Å². The molecule has 0 saturated carbocycles. The first kappa shape index (κ1) is 14.1. The van der Waals surface area contributed by atoms with E-state index in [1.165, 1.54) is 49.4 Å². The number of nitrogens with one attached hydrogen (secondary N) is 1. The highest BCUT2D eigenvalue weighted by atomic mass is 15.4. The topological polar surface area (TPSA) is 18.5 Å². The molecule has 3 saturated heterocycles. The molecule has 1 N–H and O–H groups in total. The van der Waals surface area contributed by atoms with Crippen molar-refractivity contribution >= 4 is 0 Å². The van der Waals surface area contributed by atoms with Gasteiger partial charge in [-0.2, -0.15) is 0 Å². The molecule has 0 amide bonds. The van der Waals surface area contributed by atoms with Crippen molar-refractivity contribution in [2.75, 3.05) is 39.3 Å². The maximum absolute atomic E-state index is 3.75. The summed E-state index contributed by atoms with van der Waals surface area (Å²) in [4.78, 5) is 5.31. The number of hydrogen-bond acceptors (Lipinski definition) is 3. The van der Waals surface area contributed by atoms with E-state index < -0.39 is 0 Å². The molecule has 3 nitrogen and oxygen atoms in total. The minimum absolute atomic E-state index is 0.461. The molecule has 3 heterocycles. The molecule has 0 radical (unpaired) electrons. The van der Waals surface area contributed by atoms with Gasteiger partial charge in [-0.25, -0.2) is 0 Å². The van der Waals surface area contributed by atoms with Crippen LogP contribution in [0.25, 0.3) is 0 Å². The van der Waals surface area contributed by atoms with Gasteiger partial charge in [-0.3, -0.25) is 9.80 Å². The van der Waals surface area contributed by atoms with Gasteiger partial charge in [0.2, 0.25) is 0 Å². The van der Waals surface area contributed by atoms with Crippen LogP contribution in [0.5, 0.6) is 0 Å². The van der Waals surface area contributed by atoms with E-state index in [-0.39, 0.29) is 0 Å². The predicted octanol–water partition coefficient (Wildman–Crippen LogP) is 1.95. The number of piperazine rings is 3. The fourth-order valence-electron chi connectivity index (χ4n) is 3.76. The third-order valence-electron chi connectivity index (χ3n) is 5.11. The van der Waals surface area contributed by atoms with Crippen LogP contribution in [0.2, 0.25) is 0 Å². The number of nitrogens with zero attached hydrogens (tertiary/aromatic N) is 2. The number of fused-ring (bicyclic) bond motifs is 3. The Labute approximate surface area is 123 Å². The van der Waals surface area contributed by atoms with Crippen molar-refractivity contribution in [1.82, 2.24) is 15.1 Å². The normalized spacial score (nSPS) is 30.4. The van der Waals surface area contributed by atoms with Gasteiger partial charge in [-0.1, -0.05) is 25.1 Å². The van der Waals surface area contributed by atoms with Gasteiger partial charge in [0, 0.05) is 44.8 Å². The van der Waals surface area contributed by atoms with E-state index >= 15 is 0 Å². The van der Waals surface area contributed by atoms with Crippen LogP contribution in [0, 0.1) is 13.8 Å². The van der Waals surface area contributed by atoms with Crippen LogP contribution < -0.4 is 5.32 Å². The monoisotopic (exact) mass is 273 g/mol. The lowest BCUT2D eigenvalue weighted by Gasteiger charge is -2.50. The molecule has 3 heteroatoms. The Hall–Kier alpha value is -0.900. The number of benzene rings is 1. The van der Waals surface area contributed by atoms with Crippen molar-refractivity contribution in [2.45, 2.75) is 32.9 Å². The van der Waals surface area contributed by atoms with E-state index in [1.54, 1.807) is 0 Å². The molecule has 2 unspecified atom stereocenters. The molecule has 20 heavy (non-hydrogen) atoms. The standard InChI is InChI=1S/C17H27N3/c1-4-18-17(15-7-5-6-13(2)14(15)3)16-12-19-8-10-20(16)11-9-19/h5-7,16-18H,4,8-12H2,1-3H3. The van der Waals surface area contributed by atoms with E-state index in [0.717, 1.165) is 6.54 Å². The molecule has 1 aromatic carbocycles. The van der Waals surface area contributed by atoms with Crippen LogP contribution in [0.1, 0.15) is 29.7 Å². The highest BCUT2D eigenvalue weighted by molar-refractivity contribution is 5.36.